The van der Waals surface area contributed by atoms with Crippen LogP contribution >= 0.6 is 0 Å². The third kappa shape index (κ3) is 3.88. The molecule has 19 heavy (non-hydrogen) atoms. The highest BCUT2D eigenvalue weighted by molar-refractivity contribution is 5.89. The molecule has 0 aliphatic carbocycles. The maximum Gasteiger partial charge on any atom is 0.338 e. The van der Waals surface area contributed by atoms with Gasteiger partial charge in [-0.05, 0) is 6.92 Å². The summed E-state index contributed by atoms with van der Waals surface area (Å²) in [5, 5.41) is 19.5. The fraction of sp³-hybridized carbons (Fsp3) is 0.364. The molecule has 0 heterocycles. The van der Waals surface area contributed by atoms with E-state index in [0.29, 0.717) is 12.7 Å². The standard InChI is InChI=1S/C11H12FNO6/c1-2-18-3-4-19-10-5-7(11(14)15)8(12)6-9(10)13(16)17/h5-6H,2-4H2,1H3,(H,14,15). The highest BCUT2D eigenvalue weighted by Crippen LogP contribution is 2.30. The number of hydrogen-bond acceptors (Lipinski definition) is 5. The third-order valence-electron chi connectivity index (χ3n) is 2.17. The van der Waals surface area contributed by atoms with Gasteiger partial charge in [-0.25, -0.2) is 9.18 Å². The van der Waals surface area contributed by atoms with Crippen LogP contribution in [0.15, 0.2) is 12.1 Å². The summed E-state index contributed by atoms with van der Waals surface area (Å²) >= 11 is 0. The summed E-state index contributed by atoms with van der Waals surface area (Å²) in [6.45, 7) is 2.41. The van der Waals surface area contributed by atoms with Gasteiger partial charge in [-0.1, -0.05) is 0 Å². The molecule has 0 atom stereocenters. The van der Waals surface area contributed by atoms with Crippen molar-refractivity contribution in [3.63, 3.8) is 0 Å². The zero-order chi connectivity index (χ0) is 14.4. The Balaban J connectivity index is 3.01. The van der Waals surface area contributed by atoms with E-state index >= 15 is 0 Å². The van der Waals surface area contributed by atoms with Gasteiger partial charge in [0, 0.05) is 12.7 Å². The summed E-state index contributed by atoms with van der Waals surface area (Å²) < 4.78 is 23.3. The second kappa shape index (κ2) is 6.64. The molecule has 0 amide bonds. The molecule has 0 spiro atoms. The van der Waals surface area contributed by atoms with Gasteiger partial charge in [0.1, 0.15) is 12.4 Å². The van der Waals surface area contributed by atoms with E-state index in [9.17, 15) is 19.3 Å². The molecule has 0 saturated heterocycles. The Morgan fingerprint density at radius 1 is 1.47 bits per heavy atom. The molecule has 1 N–H and O–H groups in total. The molecule has 1 aromatic carbocycles. The average molecular weight is 273 g/mol. The average Bonchev–Trinajstić information content (AvgIpc) is 2.35. The fourth-order valence-corrected chi connectivity index (χ4v) is 1.32. The zero-order valence-corrected chi connectivity index (χ0v) is 10.1. The van der Waals surface area contributed by atoms with Crippen LogP contribution in [0, 0.1) is 15.9 Å². The predicted octanol–water partition coefficient (Wildman–Crippen LogP) is 1.85. The highest BCUT2D eigenvalue weighted by atomic mass is 19.1. The van der Waals surface area contributed by atoms with Gasteiger partial charge in [-0.2, -0.15) is 0 Å². The monoisotopic (exact) mass is 273 g/mol. The number of carboxylic acids is 1. The van der Waals surface area contributed by atoms with Gasteiger partial charge in [-0.3, -0.25) is 10.1 Å². The minimum Gasteiger partial charge on any atom is -0.484 e. The molecule has 104 valence electrons. The van der Waals surface area contributed by atoms with Crippen molar-refractivity contribution in [3.05, 3.63) is 33.6 Å². The van der Waals surface area contributed by atoms with Crippen LogP contribution in [0.2, 0.25) is 0 Å². The number of nitro groups is 1. The summed E-state index contributed by atoms with van der Waals surface area (Å²) in [5.74, 6) is -3.01. The van der Waals surface area contributed by atoms with Crippen LogP contribution < -0.4 is 4.74 Å². The first-order chi connectivity index (χ1) is 8.97. The molecule has 7 nitrogen and oxygen atoms in total. The van der Waals surface area contributed by atoms with E-state index in [0.717, 1.165) is 6.07 Å². The minimum absolute atomic E-state index is 0.000624. The van der Waals surface area contributed by atoms with Gasteiger partial charge in [0.25, 0.3) is 0 Å². The Hall–Kier alpha value is -2.22. The largest absolute Gasteiger partial charge is 0.484 e. The van der Waals surface area contributed by atoms with E-state index in [1.807, 2.05) is 0 Å². The summed E-state index contributed by atoms with van der Waals surface area (Å²) in [7, 11) is 0. The second-order valence-corrected chi connectivity index (χ2v) is 3.41. The molecule has 0 radical (unpaired) electrons. The molecule has 0 aliphatic rings. The number of hydrogen-bond donors (Lipinski definition) is 1. The first-order valence-electron chi connectivity index (χ1n) is 5.39. The van der Waals surface area contributed by atoms with E-state index in [4.69, 9.17) is 14.6 Å². The maximum absolute atomic E-state index is 13.3. The Morgan fingerprint density at radius 3 is 2.68 bits per heavy atom. The van der Waals surface area contributed by atoms with Crippen LogP contribution in [-0.4, -0.2) is 35.8 Å². The molecule has 0 saturated carbocycles. The van der Waals surface area contributed by atoms with Gasteiger partial charge in [0.15, 0.2) is 5.75 Å². The van der Waals surface area contributed by atoms with Crippen LogP contribution in [0.25, 0.3) is 0 Å². The van der Waals surface area contributed by atoms with Gasteiger partial charge in [0.05, 0.1) is 23.2 Å². The number of ether oxygens (including phenoxy) is 2. The normalized spacial score (nSPS) is 10.2. The van der Waals surface area contributed by atoms with E-state index in [1.165, 1.54) is 0 Å². The van der Waals surface area contributed by atoms with Crippen LogP contribution in [0.5, 0.6) is 5.75 Å². The molecule has 0 unspecified atom stereocenters. The quantitative estimate of drug-likeness (QED) is 0.462. The SMILES string of the molecule is CCOCCOc1cc(C(=O)O)c(F)cc1[N+](=O)[O-]. The molecule has 1 rings (SSSR count). The number of carbonyl (C=O) groups is 1. The highest BCUT2D eigenvalue weighted by Gasteiger charge is 2.22. The van der Waals surface area contributed by atoms with Crippen molar-refractivity contribution in [3.8, 4) is 5.75 Å². The summed E-state index contributed by atoms with van der Waals surface area (Å²) in [6, 6.07) is 1.32. The Labute approximate surface area is 107 Å². The first kappa shape index (κ1) is 14.8. The van der Waals surface area contributed by atoms with Crippen LogP contribution in [0.1, 0.15) is 17.3 Å². The fourth-order valence-electron chi connectivity index (χ4n) is 1.32. The van der Waals surface area contributed by atoms with Gasteiger partial charge in [0.2, 0.25) is 0 Å². The van der Waals surface area contributed by atoms with E-state index < -0.39 is 28.0 Å². The topological polar surface area (TPSA) is 98.9 Å². The number of rotatable bonds is 7. The number of nitrogens with zero attached hydrogens (tertiary/aromatic N) is 1. The van der Waals surface area contributed by atoms with Crippen LogP contribution in [-0.2, 0) is 4.74 Å². The predicted molar refractivity (Wildman–Crippen MR) is 62.0 cm³/mol. The second-order valence-electron chi connectivity index (χ2n) is 3.41. The Bertz CT molecular complexity index is 490. The van der Waals surface area contributed by atoms with Crippen molar-refractivity contribution in [1.82, 2.24) is 0 Å². The maximum atomic E-state index is 13.3. The van der Waals surface area contributed by atoms with Crippen LogP contribution in [0.3, 0.4) is 0 Å². The van der Waals surface area contributed by atoms with Gasteiger partial charge >= 0.3 is 11.7 Å². The lowest BCUT2D eigenvalue weighted by Gasteiger charge is -2.08. The van der Waals surface area contributed by atoms with E-state index in [2.05, 4.69) is 0 Å². The minimum atomic E-state index is -1.53. The van der Waals surface area contributed by atoms with Crippen molar-refractivity contribution in [1.29, 1.82) is 0 Å². The number of nitro benzene ring substituents is 1. The molecule has 1 aromatic rings. The lowest BCUT2D eigenvalue weighted by Crippen LogP contribution is -2.09. The molecule has 0 fully saturated rings. The number of halogens is 1. The summed E-state index contributed by atoms with van der Waals surface area (Å²) in [4.78, 5) is 20.6. The number of aromatic carboxylic acids is 1. The third-order valence-corrected chi connectivity index (χ3v) is 2.17. The lowest BCUT2D eigenvalue weighted by molar-refractivity contribution is -0.386. The van der Waals surface area contributed by atoms with Crippen LogP contribution in [0.4, 0.5) is 10.1 Å². The van der Waals surface area contributed by atoms with Gasteiger partial charge in [-0.15, -0.1) is 0 Å². The molecule has 0 bridgehead atoms. The van der Waals surface area contributed by atoms with E-state index in [-0.39, 0.29) is 19.0 Å². The summed E-state index contributed by atoms with van der Waals surface area (Å²) in [5.41, 5.74) is -1.31. The van der Waals surface area contributed by atoms with Crippen molar-refractivity contribution in [2.75, 3.05) is 19.8 Å². The smallest absolute Gasteiger partial charge is 0.338 e. The number of benzene rings is 1. The molecule has 8 heteroatoms. The van der Waals surface area contributed by atoms with Crippen molar-refractivity contribution >= 4 is 11.7 Å². The number of carboxylic acid groups (broad SMARTS) is 1. The van der Waals surface area contributed by atoms with Crippen molar-refractivity contribution in [2.24, 2.45) is 0 Å². The molecule has 0 aromatic heterocycles. The van der Waals surface area contributed by atoms with Crippen molar-refractivity contribution < 1.29 is 28.7 Å². The molecule has 0 aliphatic heterocycles. The molecular weight excluding hydrogens is 261 g/mol. The van der Waals surface area contributed by atoms with Crippen molar-refractivity contribution in [2.45, 2.75) is 6.92 Å². The lowest BCUT2D eigenvalue weighted by atomic mass is 10.2. The first-order valence-corrected chi connectivity index (χ1v) is 5.39. The molecular formula is C11H12FNO6. The zero-order valence-electron chi connectivity index (χ0n) is 10.1. The Kier molecular flexibility index (Phi) is 5.19. The Morgan fingerprint density at radius 2 is 2.16 bits per heavy atom. The van der Waals surface area contributed by atoms with E-state index in [1.54, 1.807) is 6.92 Å². The van der Waals surface area contributed by atoms with Gasteiger partial charge < -0.3 is 14.6 Å². The summed E-state index contributed by atoms with van der Waals surface area (Å²) in [6.07, 6.45) is 0.